The standard InChI is InChI=1S/C17H23NO2/c1-20-16-9-2-5-13(11-16)17(19)14-6-4-10-18(12-14)15-7-3-8-15/h2,5,9,11,14-15H,3-4,6-8,10,12H2,1H3/t14-/m0/s1. The fourth-order valence-electron chi connectivity index (χ4n) is 3.32. The highest BCUT2D eigenvalue weighted by atomic mass is 16.5. The van der Waals surface area contributed by atoms with E-state index in [0.29, 0.717) is 0 Å². The maximum absolute atomic E-state index is 12.7. The van der Waals surface area contributed by atoms with Crippen molar-refractivity contribution in [3.05, 3.63) is 29.8 Å². The lowest BCUT2D eigenvalue weighted by Gasteiger charge is -2.42. The molecule has 20 heavy (non-hydrogen) atoms. The molecule has 1 saturated carbocycles. The van der Waals surface area contributed by atoms with Gasteiger partial charge in [0.25, 0.3) is 0 Å². The minimum absolute atomic E-state index is 0.163. The molecular formula is C17H23NO2. The molecule has 1 heterocycles. The van der Waals surface area contributed by atoms with Crippen LogP contribution in [-0.4, -0.2) is 36.9 Å². The average molecular weight is 273 g/mol. The van der Waals surface area contributed by atoms with E-state index >= 15 is 0 Å². The van der Waals surface area contributed by atoms with Crippen LogP contribution in [0.15, 0.2) is 24.3 Å². The van der Waals surface area contributed by atoms with E-state index in [1.165, 1.54) is 25.8 Å². The summed E-state index contributed by atoms with van der Waals surface area (Å²) in [5.74, 6) is 1.21. The van der Waals surface area contributed by atoms with Gasteiger partial charge >= 0.3 is 0 Å². The molecule has 1 aromatic rings. The van der Waals surface area contributed by atoms with Crippen molar-refractivity contribution >= 4 is 5.78 Å². The van der Waals surface area contributed by atoms with Gasteiger partial charge in [-0.3, -0.25) is 9.69 Å². The van der Waals surface area contributed by atoms with Crippen molar-refractivity contribution in [1.82, 2.24) is 4.90 Å². The van der Waals surface area contributed by atoms with Crippen LogP contribution < -0.4 is 4.74 Å². The summed E-state index contributed by atoms with van der Waals surface area (Å²) >= 11 is 0. The van der Waals surface area contributed by atoms with E-state index in [0.717, 1.165) is 36.7 Å². The molecule has 0 amide bonds. The number of benzene rings is 1. The minimum Gasteiger partial charge on any atom is -0.497 e. The van der Waals surface area contributed by atoms with Crippen molar-refractivity contribution in [2.45, 2.75) is 38.1 Å². The first-order valence-electron chi connectivity index (χ1n) is 7.70. The van der Waals surface area contributed by atoms with Gasteiger partial charge in [0.1, 0.15) is 5.75 Å². The number of Topliss-reactive ketones (excluding diaryl/α,β-unsaturated/α-hetero) is 1. The van der Waals surface area contributed by atoms with Gasteiger partial charge in [0.15, 0.2) is 5.78 Å². The number of ether oxygens (including phenoxy) is 1. The molecule has 3 nitrogen and oxygen atoms in total. The van der Waals surface area contributed by atoms with Gasteiger partial charge in [-0.1, -0.05) is 18.6 Å². The molecule has 1 aliphatic heterocycles. The third-order valence-electron chi connectivity index (χ3n) is 4.77. The van der Waals surface area contributed by atoms with Crippen molar-refractivity contribution < 1.29 is 9.53 Å². The Bertz CT molecular complexity index is 482. The summed E-state index contributed by atoms with van der Waals surface area (Å²) in [5, 5.41) is 0. The number of nitrogens with zero attached hydrogens (tertiary/aromatic N) is 1. The van der Waals surface area contributed by atoms with Crippen LogP contribution in [0.4, 0.5) is 0 Å². The lowest BCUT2D eigenvalue weighted by Crippen LogP contribution is -2.47. The van der Waals surface area contributed by atoms with Crippen LogP contribution in [0.5, 0.6) is 5.75 Å². The van der Waals surface area contributed by atoms with Gasteiger partial charge < -0.3 is 4.74 Å². The van der Waals surface area contributed by atoms with E-state index in [4.69, 9.17) is 4.74 Å². The Morgan fingerprint density at radius 2 is 2.10 bits per heavy atom. The Morgan fingerprint density at radius 3 is 2.80 bits per heavy atom. The highest BCUT2D eigenvalue weighted by Crippen LogP contribution is 2.30. The van der Waals surface area contributed by atoms with E-state index in [9.17, 15) is 4.79 Å². The SMILES string of the molecule is COc1cccc(C(=O)[C@H]2CCCN(C3CCC3)C2)c1. The van der Waals surface area contributed by atoms with Gasteiger partial charge in [-0.15, -0.1) is 0 Å². The number of hydrogen-bond donors (Lipinski definition) is 0. The molecule has 1 atom stereocenters. The Labute approximate surface area is 120 Å². The predicted octanol–water partition coefficient (Wildman–Crippen LogP) is 3.14. The molecule has 1 aromatic carbocycles. The van der Waals surface area contributed by atoms with Crippen LogP contribution >= 0.6 is 0 Å². The van der Waals surface area contributed by atoms with Crippen molar-refractivity contribution in [2.24, 2.45) is 5.92 Å². The number of carbonyl (C=O) groups excluding carboxylic acids is 1. The summed E-state index contributed by atoms with van der Waals surface area (Å²) in [6, 6.07) is 8.31. The molecule has 3 heteroatoms. The average Bonchev–Trinajstić information content (AvgIpc) is 2.45. The van der Waals surface area contributed by atoms with Crippen molar-refractivity contribution in [3.8, 4) is 5.75 Å². The molecule has 0 bridgehead atoms. The van der Waals surface area contributed by atoms with E-state index < -0.39 is 0 Å². The molecule has 3 rings (SSSR count). The first-order chi connectivity index (χ1) is 9.78. The van der Waals surface area contributed by atoms with E-state index in [-0.39, 0.29) is 11.7 Å². The van der Waals surface area contributed by atoms with E-state index in [2.05, 4.69) is 4.90 Å². The van der Waals surface area contributed by atoms with Crippen LogP contribution in [0, 0.1) is 5.92 Å². The number of rotatable bonds is 4. The summed E-state index contributed by atoms with van der Waals surface area (Å²) in [6.07, 6.45) is 6.17. The molecule has 108 valence electrons. The second-order valence-corrected chi connectivity index (χ2v) is 6.02. The first-order valence-corrected chi connectivity index (χ1v) is 7.70. The summed E-state index contributed by atoms with van der Waals surface area (Å²) in [4.78, 5) is 15.2. The smallest absolute Gasteiger partial charge is 0.167 e. The van der Waals surface area contributed by atoms with Gasteiger partial charge in [-0.05, 0) is 44.4 Å². The molecular weight excluding hydrogens is 250 g/mol. The molecule has 2 fully saturated rings. The molecule has 0 spiro atoms. The zero-order chi connectivity index (χ0) is 13.9. The number of ketones is 1. The second-order valence-electron chi connectivity index (χ2n) is 6.02. The first kappa shape index (κ1) is 13.6. The molecule has 0 radical (unpaired) electrons. The van der Waals surface area contributed by atoms with Crippen LogP contribution in [0.3, 0.4) is 0 Å². The largest absolute Gasteiger partial charge is 0.497 e. The normalized spacial score (nSPS) is 24.1. The lowest BCUT2D eigenvalue weighted by atomic mass is 9.85. The molecule has 2 aliphatic rings. The number of methoxy groups -OCH3 is 1. The Morgan fingerprint density at radius 1 is 1.25 bits per heavy atom. The molecule has 0 unspecified atom stereocenters. The summed E-state index contributed by atoms with van der Waals surface area (Å²) in [5.41, 5.74) is 0.796. The monoisotopic (exact) mass is 273 g/mol. The van der Waals surface area contributed by atoms with Gasteiger partial charge in [0.05, 0.1) is 7.11 Å². The zero-order valence-electron chi connectivity index (χ0n) is 12.2. The quantitative estimate of drug-likeness (QED) is 0.789. The highest BCUT2D eigenvalue weighted by Gasteiger charge is 2.32. The molecule has 0 aromatic heterocycles. The Balaban J connectivity index is 1.69. The number of carbonyl (C=O) groups is 1. The number of likely N-dealkylation sites (tertiary alicyclic amines) is 1. The lowest BCUT2D eigenvalue weighted by molar-refractivity contribution is 0.0612. The van der Waals surface area contributed by atoms with Crippen LogP contribution in [0.2, 0.25) is 0 Å². The summed E-state index contributed by atoms with van der Waals surface area (Å²) in [6.45, 7) is 2.12. The van der Waals surface area contributed by atoms with Gasteiger partial charge in [-0.2, -0.15) is 0 Å². The highest BCUT2D eigenvalue weighted by molar-refractivity contribution is 5.98. The van der Waals surface area contributed by atoms with Gasteiger partial charge in [0, 0.05) is 24.1 Å². The predicted molar refractivity (Wildman–Crippen MR) is 79.3 cm³/mol. The third kappa shape index (κ3) is 2.73. The van der Waals surface area contributed by atoms with Gasteiger partial charge in [0.2, 0.25) is 0 Å². The van der Waals surface area contributed by atoms with Crippen molar-refractivity contribution in [1.29, 1.82) is 0 Å². The summed E-state index contributed by atoms with van der Waals surface area (Å²) < 4.78 is 5.22. The third-order valence-corrected chi connectivity index (χ3v) is 4.77. The van der Waals surface area contributed by atoms with Crippen molar-refractivity contribution in [2.75, 3.05) is 20.2 Å². The van der Waals surface area contributed by atoms with Crippen molar-refractivity contribution in [3.63, 3.8) is 0 Å². The number of piperidine rings is 1. The van der Waals surface area contributed by atoms with Crippen LogP contribution in [0.25, 0.3) is 0 Å². The van der Waals surface area contributed by atoms with Crippen LogP contribution in [0.1, 0.15) is 42.5 Å². The second kappa shape index (κ2) is 5.96. The fraction of sp³-hybridized carbons (Fsp3) is 0.588. The fourth-order valence-corrected chi connectivity index (χ4v) is 3.32. The Hall–Kier alpha value is -1.35. The summed E-state index contributed by atoms with van der Waals surface area (Å²) in [7, 11) is 1.64. The maximum atomic E-state index is 12.7. The molecule has 1 saturated heterocycles. The van der Waals surface area contributed by atoms with Gasteiger partial charge in [-0.25, -0.2) is 0 Å². The van der Waals surface area contributed by atoms with Crippen LogP contribution in [-0.2, 0) is 0 Å². The Kier molecular flexibility index (Phi) is 4.06. The number of hydrogen-bond acceptors (Lipinski definition) is 3. The van der Waals surface area contributed by atoms with E-state index in [1.807, 2.05) is 24.3 Å². The molecule has 0 N–H and O–H groups in total. The minimum atomic E-state index is 0.163. The van der Waals surface area contributed by atoms with E-state index in [1.54, 1.807) is 7.11 Å². The molecule has 1 aliphatic carbocycles. The topological polar surface area (TPSA) is 29.5 Å². The maximum Gasteiger partial charge on any atom is 0.167 e. The zero-order valence-corrected chi connectivity index (χ0v) is 12.2.